The molecule has 4 heteroatoms. The van der Waals surface area contributed by atoms with Crippen molar-refractivity contribution in [3.8, 4) is 11.8 Å². The third kappa shape index (κ3) is 4.02. The Morgan fingerprint density at radius 1 is 1.15 bits per heavy atom. The van der Waals surface area contributed by atoms with Crippen LogP contribution in [0.15, 0.2) is 12.1 Å². The molecule has 0 aliphatic heterocycles. The van der Waals surface area contributed by atoms with E-state index in [1.165, 1.54) is 6.42 Å². The van der Waals surface area contributed by atoms with Crippen LogP contribution in [0.5, 0.6) is 11.8 Å². The molecule has 0 amide bonds. The maximum Gasteiger partial charge on any atom is 0.240 e. The molecule has 1 fully saturated rings. The molecule has 4 nitrogen and oxygen atoms in total. The van der Waals surface area contributed by atoms with Gasteiger partial charge in [0.25, 0.3) is 0 Å². The zero-order valence-electron chi connectivity index (χ0n) is 12.9. The maximum absolute atomic E-state index is 6.03. The molecule has 20 heavy (non-hydrogen) atoms. The van der Waals surface area contributed by atoms with E-state index in [9.17, 15) is 0 Å². The summed E-state index contributed by atoms with van der Waals surface area (Å²) in [6, 6.07) is 3.63. The number of nitrogens with two attached hydrogens (primary N) is 1. The molecule has 1 aliphatic rings. The zero-order valence-corrected chi connectivity index (χ0v) is 12.9. The predicted molar refractivity (Wildman–Crippen MR) is 81.0 cm³/mol. The van der Waals surface area contributed by atoms with Crippen LogP contribution in [-0.4, -0.2) is 17.2 Å². The van der Waals surface area contributed by atoms with Gasteiger partial charge in [-0.1, -0.05) is 13.8 Å². The van der Waals surface area contributed by atoms with Crippen LogP contribution in [0.25, 0.3) is 0 Å². The van der Waals surface area contributed by atoms with Gasteiger partial charge in [0.1, 0.15) is 6.10 Å². The molecule has 1 aliphatic carbocycles. The van der Waals surface area contributed by atoms with Crippen LogP contribution in [0, 0.1) is 11.8 Å². The van der Waals surface area contributed by atoms with Crippen molar-refractivity contribution in [3.63, 3.8) is 0 Å². The number of hydrogen-bond acceptors (Lipinski definition) is 4. The minimum atomic E-state index is 0.0507. The number of aromatic nitrogens is 1. The average Bonchev–Trinajstić information content (AvgIpc) is 2.31. The second kappa shape index (κ2) is 6.33. The van der Waals surface area contributed by atoms with Crippen LogP contribution in [-0.2, 0) is 0 Å². The normalized spacial score (nSPS) is 26.6. The van der Waals surface area contributed by atoms with Gasteiger partial charge in [-0.05, 0) is 51.0 Å². The van der Waals surface area contributed by atoms with E-state index < -0.39 is 0 Å². The van der Waals surface area contributed by atoms with Crippen molar-refractivity contribution in [3.05, 3.63) is 12.1 Å². The van der Waals surface area contributed by atoms with Gasteiger partial charge in [0.15, 0.2) is 0 Å². The van der Waals surface area contributed by atoms with Gasteiger partial charge in [-0.25, -0.2) is 0 Å². The van der Waals surface area contributed by atoms with Crippen molar-refractivity contribution < 1.29 is 9.47 Å². The number of rotatable bonds is 4. The fourth-order valence-corrected chi connectivity index (χ4v) is 2.96. The molecular formula is C16H26N2O2. The number of ether oxygens (including phenoxy) is 2. The Morgan fingerprint density at radius 2 is 1.80 bits per heavy atom. The van der Waals surface area contributed by atoms with E-state index in [0.717, 1.165) is 12.8 Å². The molecule has 1 aromatic rings. The lowest BCUT2D eigenvalue weighted by Crippen LogP contribution is -2.28. The fourth-order valence-electron chi connectivity index (χ4n) is 2.96. The summed E-state index contributed by atoms with van der Waals surface area (Å²) in [4.78, 5) is 4.39. The molecule has 2 atom stereocenters. The highest BCUT2D eigenvalue weighted by Crippen LogP contribution is 2.32. The second-order valence-electron chi connectivity index (χ2n) is 6.37. The first-order chi connectivity index (χ1) is 9.44. The molecule has 0 aromatic carbocycles. The summed E-state index contributed by atoms with van der Waals surface area (Å²) < 4.78 is 11.6. The van der Waals surface area contributed by atoms with Crippen LogP contribution in [0.3, 0.4) is 0 Å². The van der Waals surface area contributed by atoms with Gasteiger partial charge in [0.05, 0.1) is 11.8 Å². The van der Waals surface area contributed by atoms with E-state index in [2.05, 4.69) is 18.8 Å². The first kappa shape index (κ1) is 14.9. The van der Waals surface area contributed by atoms with E-state index in [1.54, 1.807) is 6.07 Å². The number of hydrogen-bond donors (Lipinski definition) is 1. The number of nitrogen functional groups attached to an aromatic ring is 1. The van der Waals surface area contributed by atoms with Gasteiger partial charge in [0, 0.05) is 6.07 Å². The van der Waals surface area contributed by atoms with E-state index in [1.807, 2.05) is 19.9 Å². The Bertz CT molecular complexity index is 438. The van der Waals surface area contributed by atoms with Crippen LogP contribution < -0.4 is 15.2 Å². The topological polar surface area (TPSA) is 57.4 Å². The number of pyridine rings is 1. The van der Waals surface area contributed by atoms with Crippen molar-refractivity contribution in [2.75, 3.05) is 5.73 Å². The molecule has 1 heterocycles. The maximum atomic E-state index is 6.03. The van der Waals surface area contributed by atoms with Crippen LogP contribution >= 0.6 is 0 Å². The standard InChI is InChI=1S/C16H26N2O2/c1-10(2)19-16-14(17)5-6-15(18-16)20-13-8-11(3)7-12(4)9-13/h5-6,10-13H,7-9,17H2,1-4H3. The Kier molecular flexibility index (Phi) is 4.73. The molecular weight excluding hydrogens is 252 g/mol. The molecule has 1 aromatic heterocycles. The molecule has 2 unspecified atom stereocenters. The Morgan fingerprint density at radius 3 is 2.40 bits per heavy atom. The molecule has 2 rings (SSSR count). The number of anilines is 1. The molecule has 2 N–H and O–H groups in total. The predicted octanol–water partition coefficient (Wildman–Crippen LogP) is 3.65. The highest BCUT2D eigenvalue weighted by molar-refractivity contribution is 5.49. The van der Waals surface area contributed by atoms with Crippen LogP contribution in [0.2, 0.25) is 0 Å². The lowest BCUT2D eigenvalue weighted by atomic mass is 9.82. The van der Waals surface area contributed by atoms with Gasteiger partial charge in [-0.15, -0.1) is 0 Å². The largest absolute Gasteiger partial charge is 0.474 e. The summed E-state index contributed by atoms with van der Waals surface area (Å²) in [6.07, 6.45) is 3.77. The molecule has 0 spiro atoms. The summed E-state index contributed by atoms with van der Waals surface area (Å²) >= 11 is 0. The van der Waals surface area contributed by atoms with Crippen molar-refractivity contribution >= 4 is 5.69 Å². The summed E-state index contributed by atoms with van der Waals surface area (Å²) in [5.74, 6) is 2.50. The molecule has 0 saturated heterocycles. The monoisotopic (exact) mass is 278 g/mol. The van der Waals surface area contributed by atoms with E-state index in [-0.39, 0.29) is 12.2 Å². The minimum absolute atomic E-state index is 0.0507. The van der Waals surface area contributed by atoms with E-state index in [0.29, 0.717) is 29.3 Å². The fraction of sp³-hybridized carbons (Fsp3) is 0.688. The molecule has 1 saturated carbocycles. The van der Waals surface area contributed by atoms with Crippen molar-refractivity contribution in [1.29, 1.82) is 0 Å². The van der Waals surface area contributed by atoms with Gasteiger partial charge in [-0.3, -0.25) is 0 Å². The molecule has 0 bridgehead atoms. The van der Waals surface area contributed by atoms with Gasteiger partial charge in [-0.2, -0.15) is 4.98 Å². The molecule has 0 radical (unpaired) electrons. The average molecular weight is 278 g/mol. The van der Waals surface area contributed by atoms with E-state index >= 15 is 0 Å². The summed E-state index contributed by atoms with van der Waals surface area (Å²) in [7, 11) is 0. The smallest absolute Gasteiger partial charge is 0.240 e. The van der Waals surface area contributed by atoms with Crippen molar-refractivity contribution in [2.24, 2.45) is 11.8 Å². The Hall–Kier alpha value is -1.45. The molecule has 112 valence electrons. The third-order valence-electron chi connectivity index (χ3n) is 3.63. The highest BCUT2D eigenvalue weighted by Gasteiger charge is 2.25. The van der Waals surface area contributed by atoms with Gasteiger partial charge >= 0.3 is 0 Å². The third-order valence-corrected chi connectivity index (χ3v) is 3.63. The quantitative estimate of drug-likeness (QED) is 0.913. The van der Waals surface area contributed by atoms with Crippen molar-refractivity contribution in [2.45, 2.75) is 59.2 Å². The summed E-state index contributed by atoms with van der Waals surface area (Å²) in [5.41, 5.74) is 6.42. The van der Waals surface area contributed by atoms with Gasteiger partial charge in [0.2, 0.25) is 11.8 Å². The first-order valence-corrected chi connectivity index (χ1v) is 7.54. The van der Waals surface area contributed by atoms with Crippen LogP contribution in [0.4, 0.5) is 5.69 Å². The Balaban J connectivity index is 2.05. The van der Waals surface area contributed by atoms with E-state index in [4.69, 9.17) is 15.2 Å². The number of nitrogens with zero attached hydrogens (tertiary/aromatic N) is 1. The van der Waals surface area contributed by atoms with Crippen molar-refractivity contribution in [1.82, 2.24) is 4.98 Å². The lowest BCUT2D eigenvalue weighted by Gasteiger charge is -2.31. The minimum Gasteiger partial charge on any atom is -0.474 e. The Labute approximate surface area is 121 Å². The first-order valence-electron chi connectivity index (χ1n) is 7.54. The summed E-state index contributed by atoms with van der Waals surface area (Å²) in [6.45, 7) is 8.49. The summed E-state index contributed by atoms with van der Waals surface area (Å²) in [5, 5.41) is 0. The highest BCUT2D eigenvalue weighted by atomic mass is 16.5. The SMILES string of the molecule is CC1CC(C)CC(Oc2ccc(N)c(OC(C)C)n2)C1. The zero-order chi connectivity index (χ0) is 14.7. The van der Waals surface area contributed by atoms with Crippen LogP contribution in [0.1, 0.15) is 47.0 Å². The lowest BCUT2D eigenvalue weighted by molar-refractivity contribution is 0.0955. The van der Waals surface area contributed by atoms with Gasteiger partial charge < -0.3 is 15.2 Å². The second-order valence-corrected chi connectivity index (χ2v) is 6.37.